The smallest absolute Gasteiger partial charge is 0.254 e. The number of halogens is 1. The highest BCUT2D eigenvalue weighted by Crippen LogP contribution is 2.11. The van der Waals surface area contributed by atoms with E-state index in [0.717, 1.165) is 17.0 Å². The van der Waals surface area contributed by atoms with E-state index in [2.05, 4.69) is 20.6 Å². The summed E-state index contributed by atoms with van der Waals surface area (Å²) < 4.78 is 4.87. The molecule has 1 amide bonds. The number of benzene rings is 1. The molecule has 0 saturated carbocycles. The minimum absolute atomic E-state index is 0.215. The molecule has 2 N–H and O–H groups in total. The number of ether oxygens (including phenoxy) is 1. The highest BCUT2D eigenvalue weighted by molar-refractivity contribution is 6.30. The van der Waals surface area contributed by atoms with Gasteiger partial charge in [-0.1, -0.05) is 23.7 Å². The first-order chi connectivity index (χ1) is 11.2. The van der Waals surface area contributed by atoms with E-state index < -0.39 is 0 Å². The average molecular weight is 335 g/mol. The number of carbonyl (C=O) groups excluding carboxylic acids is 1. The maximum Gasteiger partial charge on any atom is 0.254 e. The molecule has 0 unspecified atom stereocenters. The molecule has 23 heavy (non-hydrogen) atoms. The molecule has 0 fully saturated rings. The predicted molar refractivity (Wildman–Crippen MR) is 89.9 cm³/mol. The molecule has 2 rings (SSSR count). The summed E-state index contributed by atoms with van der Waals surface area (Å²) in [6, 6.07) is 7.71. The van der Waals surface area contributed by atoms with E-state index in [0.29, 0.717) is 31.2 Å². The molecule has 6 nitrogen and oxygen atoms in total. The predicted octanol–water partition coefficient (Wildman–Crippen LogP) is 2.16. The Labute approximate surface area is 140 Å². The zero-order valence-corrected chi connectivity index (χ0v) is 13.6. The quantitative estimate of drug-likeness (QED) is 0.723. The van der Waals surface area contributed by atoms with Crippen LogP contribution in [0.1, 0.15) is 15.9 Å². The largest absolute Gasteiger partial charge is 0.383 e. The Balaban J connectivity index is 1.79. The molecule has 0 bridgehead atoms. The normalized spacial score (nSPS) is 10.3. The number of methoxy groups -OCH3 is 1. The molecule has 2 aromatic rings. The van der Waals surface area contributed by atoms with Crippen LogP contribution in [-0.4, -0.2) is 42.7 Å². The maximum absolute atomic E-state index is 11.8. The van der Waals surface area contributed by atoms with Crippen molar-refractivity contribution in [1.29, 1.82) is 0 Å². The summed E-state index contributed by atoms with van der Waals surface area (Å²) in [7, 11) is 1.58. The van der Waals surface area contributed by atoms with Gasteiger partial charge in [-0.05, 0) is 24.1 Å². The van der Waals surface area contributed by atoms with Gasteiger partial charge in [-0.15, -0.1) is 0 Å². The molecule has 0 saturated heterocycles. The summed E-state index contributed by atoms with van der Waals surface area (Å²) >= 11 is 5.94. The van der Waals surface area contributed by atoms with Gasteiger partial charge in [0.25, 0.3) is 5.91 Å². The van der Waals surface area contributed by atoms with E-state index in [-0.39, 0.29) is 5.91 Å². The lowest BCUT2D eigenvalue weighted by atomic mass is 10.1. The van der Waals surface area contributed by atoms with Gasteiger partial charge in [-0.3, -0.25) is 4.79 Å². The highest BCUT2D eigenvalue weighted by atomic mass is 35.5. The van der Waals surface area contributed by atoms with E-state index in [4.69, 9.17) is 16.3 Å². The van der Waals surface area contributed by atoms with Crippen molar-refractivity contribution in [1.82, 2.24) is 15.3 Å². The summed E-state index contributed by atoms with van der Waals surface area (Å²) in [6.07, 6.45) is 3.80. The second kappa shape index (κ2) is 9.07. The van der Waals surface area contributed by atoms with E-state index in [1.165, 1.54) is 12.4 Å². The fourth-order valence-electron chi connectivity index (χ4n) is 1.92. The summed E-state index contributed by atoms with van der Waals surface area (Å²) in [5.41, 5.74) is 1.56. The van der Waals surface area contributed by atoms with E-state index >= 15 is 0 Å². The van der Waals surface area contributed by atoms with Gasteiger partial charge in [0.2, 0.25) is 5.95 Å². The van der Waals surface area contributed by atoms with Crippen LogP contribution in [0.25, 0.3) is 0 Å². The Morgan fingerprint density at radius 2 is 2.04 bits per heavy atom. The van der Waals surface area contributed by atoms with Crippen molar-refractivity contribution in [3.63, 3.8) is 0 Å². The summed E-state index contributed by atoms with van der Waals surface area (Å²) in [6.45, 7) is 1.60. The summed E-state index contributed by atoms with van der Waals surface area (Å²) in [5, 5.41) is 6.55. The Morgan fingerprint density at radius 1 is 1.26 bits per heavy atom. The fourth-order valence-corrected chi connectivity index (χ4v) is 2.13. The highest BCUT2D eigenvalue weighted by Gasteiger charge is 2.06. The lowest BCUT2D eigenvalue weighted by Crippen LogP contribution is -2.27. The van der Waals surface area contributed by atoms with Gasteiger partial charge in [0, 0.05) is 37.6 Å². The van der Waals surface area contributed by atoms with Gasteiger partial charge in [-0.25, -0.2) is 9.97 Å². The molecule has 1 aromatic heterocycles. The Hall–Kier alpha value is -2.18. The molecule has 0 aliphatic carbocycles. The number of rotatable bonds is 8. The van der Waals surface area contributed by atoms with Crippen LogP contribution < -0.4 is 10.6 Å². The number of anilines is 1. The third-order valence-electron chi connectivity index (χ3n) is 3.09. The Morgan fingerprint density at radius 3 is 2.74 bits per heavy atom. The van der Waals surface area contributed by atoms with E-state index in [1.807, 2.05) is 24.3 Å². The zero-order valence-electron chi connectivity index (χ0n) is 12.9. The van der Waals surface area contributed by atoms with Crippen LogP contribution in [0, 0.1) is 0 Å². The molecule has 1 aromatic carbocycles. The monoisotopic (exact) mass is 334 g/mol. The second-order valence-electron chi connectivity index (χ2n) is 4.85. The van der Waals surface area contributed by atoms with Gasteiger partial charge >= 0.3 is 0 Å². The first-order valence-electron chi connectivity index (χ1n) is 7.26. The van der Waals surface area contributed by atoms with Gasteiger partial charge in [0.05, 0.1) is 12.2 Å². The third kappa shape index (κ3) is 5.84. The average Bonchev–Trinajstić information content (AvgIpc) is 2.56. The zero-order chi connectivity index (χ0) is 16.5. The lowest BCUT2D eigenvalue weighted by molar-refractivity contribution is 0.0936. The molecular formula is C16H19ClN4O2. The number of carbonyl (C=O) groups is 1. The molecule has 0 spiro atoms. The fraction of sp³-hybridized carbons (Fsp3) is 0.312. The van der Waals surface area contributed by atoms with Crippen LogP contribution >= 0.6 is 11.6 Å². The minimum atomic E-state index is -0.215. The molecule has 1 heterocycles. The lowest BCUT2D eigenvalue weighted by Gasteiger charge is -2.07. The van der Waals surface area contributed by atoms with Gasteiger partial charge < -0.3 is 15.4 Å². The molecule has 0 radical (unpaired) electrons. The second-order valence-corrected chi connectivity index (χ2v) is 5.29. The van der Waals surface area contributed by atoms with Crippen LogP contribution in [0.5, 0.6) is 0 Å². The number of amides is 1. The van der Waals surface area contributed by atoms with Gasteiger partial charge in [0.1, 0.15) is 0 Å². The first kappa shape index (κ1) is 17.2. The Kier molecular flexibility index (Phi) is 6.77. The van der Waals surface area contributed by atoms with Crippen molar-refractivity contribution >= 4 is 23.5 Å². The van der Waals surface area contributed by atoms with Crippen molar-refractivity contribution in [3.8, 4) is 0 Å². The number of nitrogens with one attached hydrogen (secondary N) is 2. The van der Waals surface area contributed by atoms with Crippen molar-refractivity contribution in [2.75, 3.05) is 32.1 Å². The molecule has 7 heteroatoms. The summed E-state index contributed by atoms with van der Waals surface area (Å²) in [4.78, 5) is 20.1. The van der Waals surface area contributed by atoms with Crippen molar-refractivity contribution in [2.24, 2.45) is 0 Å². The third-order valence-corrected chi connectivity index (χ3v) is 3.33. The molecule has 0 aliphatic heterocycles. The number of nitrogens with zero attached hydrogens (tertiary/aromatic N) is 2. The van der Waals surface area contributed by atoms with Crippen LogP contribution in [0.4, 0.5) is 5.95 Å². The standard InChI is InChI=1S/C16H19ClN4O2/c1-23-8-7-18-15(22)13-10-20-16(21-11-13)19-6-5-12-3-2-4-14(17)9-12/h2-4,9-11H,5-8H2,1H3,(H,18,22)(H,19,20,21). The number of hydrogen-bond acceptors (Lipinski definition) is 5. The van der Waals surface area contributed by atoms with Crippen LogP contribution in [0.15, 0.2) is 36.7 Å². The van der Waals surface area contributed by atoms with Crippen molar-refractivity contribution in [3.05, 3.63) is 52.8 Å². The molecule has 122 valence electrons. The van der Waals surface area contributed by atoms with E-state index in [9.17, 15) is 4.79 Å². The van der Waals surface area contributed by atoms with Crippen molar-refractivity contribution in [2.45, 2.75) is 6.42 Å². The Bertz CT molecular complexity index is 634. The van der Waals surface area contributed by atoms with Crippen LogP contribution in [-0.2, 0) is 11.2 Å². The van der Waals surface area contributed by atoms with Crippen LogP contribution in [0.2, 0.25) is 5.02 Å². The van der Waals surface area contributed by atoms with Crippen molar-refractivity contribution < 1.29 is 9.53 Å². The molecule has 0 atom stereocenters. The maximum atomic E-state index is 11.8. The number of aromatic nitrogens is 2. The van der Waals surface area contributed by atoms with Gasteiger partial charge in [-0.2, -0.15) is 0 Å². The molecule has 0 aliphatic rings. The van der Waals surface area contributed by atoms with E-state index in [1.54, 1.807) is 7.11 Å². The number of hydrogen-bond donors (Lipinski definition) is 2. The SMILES string of the molecule is COCCNC(=O)c1cnc(NCCc2cccc(Cl)c2)nc1. The first-order valence-corrected chi connectivity index (χ1v) is 7.64. The van der Waals surface area contributed by atoms with Crippen LogP contribution in [0.3, 0.4) is 0 Å². The topological polar surface area (TPSA) is 76.1 Å². The summed E-state index contributed by atoms with van der Waals surface area (Å²) in [5.74, 6) is 0.271. The van der Waals surface area contributed by atoms with Gasteiger partial charge in [0.15, 0.2) is 0 Å². The molecular weight excluding hydrogens is 316 g/mol. The minimum Gasteiger partial charge on any atom is -0.383 e.